The first-order valence-electron chi connectivity index (χ1n) is 8.78. The van der Waals surface area contributed by atoms with Gasteiger partial charge in [0.05, 0.1) is 6.04 Å². The highest BCUT2D eigenvalue weighted by Crippen LogP contribution is 2.50. The third-order valence-electron chi connectivity index (χ3n) is 5.75. The molecule has 3 nitrogen and oxygen atoms in total. The Morgan fingerprint density at radius 3 is 2.68 bits per heavy atom. The number of alkyl halides is 1. The summed E-state index contributed by atoms with van der Waals surface area (Å²) in [5, 5.41) is 12.9. The average molecular weight is 345 g/mol. The highest BCUT2D eigenvalue weighted by atomic mass is 35.5. The van der Waals surface area contributed by atoms with E-state index >= 15 is 0 Å². The van der Waals surface area contributed by atoms with Gasteiger partial charge in [-0.15, -0.1) is 11.6 Å². The zero-order valence-electron chi connectivity index (χ0n) is 13.7. The van der Waals surface area contributed by atoms with Crippen molar-refractivity contribution in [3.63, 3.8) is 0 Å². The fraction of sp³-hybridized carbons (Fsp3) is 0.941. The molecular weight excluding hydrogens is 316 g/mol. The van der Waals surface area contributed by atoms with Crippen molar-refractivity contribution in [2.24, 2.45) is 22.6 Å². The number of thioether (sulfide) groups is 1. The van der Waals surface area contributed by atoms with Crippen LogP contribution in [0.3, 0.4) is 0 Å². The zero-order chi connectivity index (χ0) is 15.9. The van der Waals surface area contributed by atoms with Crippen LogP contribution in [0.1, 0.15) is 58.8 Å². The van der Waals surface area contributed by atoms with E-state index in [1.165, 1.54) is 19.3 Å². The Kier molecular flexibility index (Phi) is 5.01. The molecule has 6 atom stereocenters. The maximum Gasteiger partial charge on any atom is 0.130 e. The molecule has 2 saturated carbocycles. The van der Waals surface area contributed by atoms with Crippen molar-refractivity contribution in [3.05, 3.63) is 0 Å². The SMILES string of the molecule is CC(C)SC1CCCCC1C1(O)C(N)=NC2CCC(Cl)CC21. The van der Waals surface area contributed by atoms with Gasteiger partial charge in [0, 0.05) is 22.5 Å². The van der Waals surface area contributed by atoms with Crippen LogP contribution < -0.4 is 5.73 Å². The second-order valence-electron chi connectivity index (χ2n) is 7.54. The van der Waals surface area contributed by atoms with E-state index in [0.717, 1.165) is 25.7 Å². The minimum absolute atomic E-state index is 0.127. The Morgan fingerprint density at radius 1 is 1.23 bits per heavy atom. The molecule has 5 heteroatoms. The lowest BCUT2D eigenvalue weighted by Gasteiger charge is -2.46. The van der Waals surface area contributed by atoms with Crippen molar-refractivity contribution in [2.75, 3.05) is 0 Å². The highest BCUT2D eigenvalue weighted by molar-refractivity contribution is 8.00. The first kappa shape index (κ1) is 16.9. The molecular formula is C17H29ClN2OS. The van der Waals surface area contributed by atoms with E-state index in [2.05, 4.69) is 18.8 Å². The fourth-order valence-corrected chi connectivity index (χ4v) is 6.63. The number of aliphatic imine (C=N–C) groups is 1. The van der Waals surface area contributed by atoms with Crippen molar-refractivity contribution in [3.8, 4) is 0 Å². The molecule has 22 heavy (non-hydrogen) atoms. The summed E-state index contributed by atoms with van der Waals surface area (Å²) in [5.74, 6) is 0.853. The van der Waals surface area contributed by atoms with Crippen LogP contribution >= 0.6 is 23.4 Å². The van der Waals surface area contributed by atoms with Gasteiger partial charge < -0.3 is 10.8 Å². The molecule has 3 aliphatic rings. The van der Waals surface area contributed by atoms with Crippen molar-refractivity contribution < 1.29 is 5.11 Å². The van der Waals surface area contributed by atoms with Gasteiger partial charge in [0.15, 0.2) is 0 Å². The first-order chi connectivity index (χ1) is 10.4. The summed E-state index contributed by atoms with van der Waals surface area (Å²) in [4.78, 5) is 4.66. The van der Waals surface area contributed by atoms with E-state index in [1.807, 2.05) is 11.8 Å². The summed E-state index contributed by atoms with van der Waals surface area (Å²) in [6, 6.07) is 0.187. The van der Waals surface area contributed by atoms with Crippen LogP contribution in [0.4, 0.5) is 0 Å². The molecule has 0 aromatic carbocycles. The lowest BCUT2D eigenvalue weighted by Crippen LogP contribution is -2.58. The molecule has 0 aromatic rings. The number of nitrogens with zero attached hydrogens (tertiary/aromatic N) is 1. The molecule has 0 radical (unpaired) electrons. The number of aliphatic hydroxyl groups is 1. The topological polar surface area (TPSA) is 58.6 Å². The Hall–Kier alpha value is 0.0700. The Morgan fingerprint density at radius 2 is 1.95 bits per heavy atom. The molecule has 126 valence electrons. The summed E-state index contributed by atoms with van der Waals surface area (Å²) in [5.41, 5.74) is 5.36. The zero-order valence-corrected chi connectivity index (χ0v) is 15.2. The number of nitrogens with two attached hydrogens (primary N) is 1. The molecule has 2 fully saturated rings. The predicted octanol–water partition coefficient (Wildman–Crippen LogP) is 3.56. The van der Waals surface area contributed by atoms with Crippen LogP contribution in [0.15, 0.2) is 4.99 Å². The van der Waals surface area contributed by atoms with Crippen LogP contribution in [-0.4, -0.2) is 38.5 Å². The maximum atomic E-state index is 11.7. The minimum Gasteiger partial charge on any atom is -0.385 e. The molecule has 0 amide bonds. The summed E-state index contributed by atoms with van der Waals surface area (Å²) in [6.07, 6.45) is 7.51. The van der Waals surface area contributed by atoms with Crippen LogP contribution in [0.2, 0.25) is 0 Å². The summed E-state index contributed by atoms with van der Waals surface area (Å²) >= 11 is 8.42. The van der Waals surface area contributed by atoms with Crippen molar-refractivity contribution in [1.82, 2.24) is 0 Å². The van der Waals surface area contributed by atoms with Gasteiger partial charge in [-0.1, -0.05) is 26.7 Å². The monoisotopic (exact) mass is 344 g/mol. The van der Waals surface area contributed by atoms with E-state index < -0.39 is 5.60 Å². The Balaban J connectivity index is 1.87. The molecule has 0 spiro atoms. The highest BCUT2D eigenvalue weighted by Gasteiger charge is 2.57. The maximum absolute atomic E-state index is 11.7. The second kappa shape index (κ2) is 6.52. The van der Waals surface area contributed by atoms with Gasteiger partial charge in [0.2, 0.25) is 0 Å². The van der Waals surface area contributed by atoms with Gasteiger partial charge in [-0.3, -0.25) is 4.99 Å². The molecule has 3 rings (SSSR count). The fourth-order valence-electron chi connectivity index (χ4n) is 4.78. The van der Waals surface area contributed by atoms with Gasteiger partial charge in [-0.2, -0.15) is 11.8 Å². The molecule has 3 N–H and O–H groups in total. The van der Waals surface area contributed by atoms with Crippen molar-refractivity contribution in [2.45, 2.75) is 86.3 Å². The van der Waals surface area contributed by atoms with E-state index in [1.54, 1.807) is 0 Å². The quantitative estimate of drug-likeness (QED) is 0.769. The first-order valence-corrected chi connectivity index (χ1v) is 10.2. The summed E-state index contributed by atoms with van der Waals surface area (Å²) in [6.45, 7) is 4.48. The lowest BCUT2D eigenvalue weighted by atomic mass is 9.66. The standard InChI is InChI=1S/C17H29ClN2OS/c1-10(2)22-15-6-4-3-5-12(15)17(21)13-9-11(18)7-8-14(13)20-16(17)19/h10-15,21H,3-9H2,1-2H3,(H2,19,20). The number of fused-ring (bicyclic) bond motifs is 1. The lowest BCUT2D eigenvalue weighted by molar-refractivity contribution is -0.0264. The minimum atomic E-state index is -0.925. The van der Waals surface area contributed by atoms with Crippen molar-refractivity contribution in [1.29, 1.82) is 0 Å². The van der Waals surface area contributed by atoms with Gasteiger partial charge in [0.25, 0.3) is 0 Å². The summed E-state index contributed by atoms with van der Waals surface area (Å²) < 4.78 is 0. The number of hydrogen-bond donors (Lipinski definition) is 2. The summed E-state index contributed by atoms with van der Waals surface area (Å²) in [7, 11) is 0. The van der Waals surface area contributed by atoms with Crippen LogP contribution in [0.25, 0.3) is 0 Å². The smallest absolute Gasteiger partial charge is 0.130 e. The molecule has 6 unspecified atom stereocenters. The Bertz CT molecular complexity index is 444. The van der Waals surface area contributed by atoms with Crippen LogP contribution in [0, 0.1) is 11.8 Å². The van der Waals surface area contributed by atoms with E-state index in [-0.39, 0.29) is 23.3 Å². The molecule has 0 saturated heterocycles. The van der Waals surface area contributed by atoms with Crippen molar-refractivity contribution >= 4 is 29.2 Å². The molecule has 1 heterocycles. The number of hydrogen-bond acceptors (Lipinski definition) is 4. The van der Waals surface area contributed by atoms with E-state index in [0.29, 0.717) is 16.3 Å². The number of amidine groups is 1. The second-order valence-corrected chi connectivity index (χ2v) is 9.98. The third-order valence-corrected chi connectivity index (χ3v) is 7.60. The third kappa shape index (κ3) is 2.91. The van der Waals surface area contributed by atoms with Gasteiger partial charge in [0.1, 0.15) is 11.4 Å². The normalized spacial score (nSPS) is 45.7. The van der Waals surface area contributed by atoms with Gasteiger partial charge >= 0.3 is 0 Å². The molecule has 2 aliphatic carbocycles. The number of halogens is 1. The number of rotatable bonds is 3. The Labute approximate surface area is 143 Å². The molecule has 0 aromatic heterocycles. The van der Waals surface area contributed by atoms with Crippen LogP contribution in [0.5, 0.6) is 0 Å². The van der Waals surface area contributed by atoms with Gasteiger partial charge in [-0.25, -0.2) is 0 Å². The predicted molar refractivity (Wildman–Crippen MR) is 95.8 cm³/mol. The van der Waals surface area contributed by atoms with E-state index in [9.17, 15) is 5.11 Å². The van der Waals surface area contributed by atoms with E-state index in [4.69, 9.17) is 17.3 Å². The average Bonchev–Trinajstić information content (AvgIpc) is 2.72. The molecule has 0 bridgehead atoms. The molecule has 1 aliphatic heterocycles. The van der Waals surface area contributed by atoms with Crippen LogP contribution in [-0.2, 0) is 0 Å². The van der Waals surface area contributed by atoms with Gasteiger partial charge in [-0.05, 0) is 37.4 Å². The largest absolute Gasteiger partial charge is 0.385 e.